The Kier molecular flexibility index (Phi) is 4.65. The number of halogens is 1. The number of esters is 1. The third-order valence-corrected chi connectivity index (χ3v) is 4.59. The number of fused-ring (bicyclic) bond motifs is 3. The van der Waals surface area contributed by atoms with Gasteiger partial charge in [-0.2, -0.15) is 0 Å². The van der Waals surface area contributed by atoms with Crippen LogP contribution in [-0.4, -0.2) is 17.6 Å². The number of hydrogen-bond donors (Lipinski definition) is 1. The average molecular weight is 377 g/mol. The normalized spacial score (nSPS) is 10.9. The molecular weight excluding hydrogens is 360 g/mol. The molecule has 0 radical (unpaired) electrons. The Morgan fingerprint density at radius 2 is 1.93 bits per heavy atom. The highest BCUT2D eigenvalue weighted by Gasteiger charge is 2.18. The number of hydrogen-bond acceptors (Lipinski definition) is 4. The van der Waals surface area contributed by atoms with Gasteiger partial charge >= 0.3 is 5.97 Å². The molecule has 134 valence electrons. The lowest BCUT2D eigenvalue weighted by Gasteiger charge is -2.15. The molecule has 1 N–H and O–H groups in total. The Morgan fingerprint density at radius 3 is 2.74 bits per heavy atom. The van der Waals surface area contributed by atoms with Crippen molar-refractivity contribution in [3.05, 3.63) is 77.4 Å². The second-order valence-corrected chi connectivity index (χ2v) is 6.52. The summed E-state index contributed by atoms with van der Waals surface area (Å²) in [4.78, 5) is 17.1. The van der Waals surface area contributed by atoms with Crippen molar-refractivity contribution in [3.63, 3.8) is 0 Å². The van der Waals surface area contributed by atoms with E-state index in [2.05, 4.69) is 10.3 Å². The lowest BCUT2D eigenvalue weighted by molar-refractivity contribution is 0.0527. The van der Waals surface area contributed by atoms with Gasteiger partial charge in [-0.25, -0.2) is 4.79 Å². The predicted octanol–water partition coefficient (Wildman–Crippen LogP) is 5.96. The molecule has 0 bridgehead atoms. The van der Waals surface area contributed by atoms with Gasteiger partial charge in [0.25, 0.3) is 0 Å². The number of nitrogens with zero attached hydrogens (tertiary/aromatic N) is 1. The van der Waals surface area contributed by atoms with E-state index in [0.717, 1.165) is 27.4 Å². The SMILES string of the molecule is CCOC(=O)c1cnc2c(ccc3ccccc32)c1Nc1cccc(Cl)c1. The zero-order valence-electron chi connectivity index (χ0n) is 14.7. The summed E-state index contributed by atoms with van der Waals surface area (Å²) in [5.41, 5.74) is 2.66. The highest BCUT2D eigenvalue weighted by molar-refractivity contribution is 6.30. The molecule has 4 rings (SSSR count). The first-order valence-electron chi connectivity index (χ1n) is 8.67. The van der Waals surface area contributed by atoms with Crippen LogP contribution >= 0.6 is 11.6 Å². The highest BCUT2D eigenvalue weighted by Crippen LogP contribution is 2.34. The van der Waals surface area contributed by atoms with Crippen LogP contribution in [0.15, 0.2) is 66.9 Å². The molecular formula is C22H17ClN2O2. The maximum atomic E-state index is 12.5. The number of anilines is 2. The minimum atomic E-state index is -0.412. The summed E-state index contributed by atoms with van der Waals surface area (Å²) < 4.78 is 5.22. The van der Waals surface area contributed by atoms with Gasteiger partial charge in [0.05, 0.1) is 17.8 Å². The Bertz CT molecular complexity index is 1160. The van der Waals surface area contributed by atoms with E-state index in [1.54, 1.807) is 19.2 Å². The van der Waals surface area contributed by atoms with Crippen molar-refractivity contribution in [2.45, 2.75) is 6.92 Å². The Balaban J connectivity index is 1.96. The van der Waals surface area contributed by atoms with Gasteiger partial charge in [-0.15, -0.1) is 0 Å². The van der Waals surface area contributed by atoms with Gasteiger partial charge in [0.2, 0.25) is 0 Å². The van der Waals surface area contributed by atoms with Crippen molar-refractivity contribution in [2.75, 3.05) is 11.9 Å². The largest absolute Gasteiger partial charge is 0.462 e. The van der Waals surface area contributed by atoms with Crippen molar-refractivity contribution < 1.29 is 9.53 Å². The van der Waals surface area contributed by atoms with Gasteiger partial charge in [0.15, 0.2) is 0 Å². The molecule has 0 atom stereocenters. The van der Waals surface area contributed by atoms with Gasteiger partial charge < -0.3 is 10.1 Å². The maximum Gasteiger partial charge on any atom is 0.341 e. The monoisotopic (exact) mass is 376 g/mol. The van der Waals surface area contributed by atoms with E-state index in [9.17, 15) is 4.79 Å². The van der Waals surface area contributed by atoms with Crippen LogP contribution < -0.4 is 5.32 Å². The summed E-state index contributed by atoms with van der Waals surface area (Å²) in [6.45, 7) is 2.08. The first-order valence-corrected chi connectivity index (χ1v) is 9.05. The number of pyridine rings is 1. The first-order chi connectivity index (χ1) is 13.2. The summed E-state index contributed by atoms with van der Waals surface area (Å²) in [6.07, 6.45) is 1.57. The molecule has 27 heavy (non-hydrogen) atoms. The van der Waals surface area contributed by atoms with Crippen LogP contribution in [0.5, 0.6) is 0 Å². The second-order valence-electron chi connectivity index (χ2n) is 6.09. The Morgan fingerprint density at radius 1 is 1.07 bits per heavy atom. The molecule has 5 heteroatoms. The fourth-order valence-electron chi connectivity index (χ4n) is 3.14. The predicted molar refractivity (Wildman–Crippen MR) is 110 cm³/mol. The molecule has 0 unspecified atom stereocenters. The van der Waals surface area contributed by atoms with Gasteiger partial charge in [-0.1, -0.05) is 54.1 Å². The first kappa shape index (κ1) is 17.3. The maximum absolute atomic E-state index is 12.5. The summed E-state index contributed by atoms with van der Waals surface area (Å²) in [6, 6.07) is 19.4. The van der Waals surface area contributed by atoms with Crippen molar-refractivity contribution in [1.82, 2.24) is 4.98 Å². The Labute approximate surface area is 161 Å². The molecule has 0 fully saturated rings. The van der Waals surface area contributed by atoms with Gasteiger partial charge in [0.1, 0.15) is 5.56 Å². The Hall–Kier alpha value is -3.11. The van der Waals surface area contributed by atoms with Gasteiger partial charge in [0, 0.05) is 27.7 Å². The average Bonchev–Trinajstić information content (AvgIpc) is 2.68. The van der Waals surface area contributed by atoms with Crippen LogP contribution in [0.1, 0.15) is 17.3 Å². The summed E-state index contributed by atoms with van der Waals surface area (Å²) in [7, 11) is 0. The van der Waals surface area contributed by atoms with Crippen LogP contribution in [0.3, 0.4) is 0 Å². The van der Waals surface area contributed by atoms with E-state index < -0.39 is 5.97 Å². The van der Waals surface area contributed by atoms with Crippen LogP contribution in [0, 0.1) is 0 Å². The van der Waals surface area contributed by atoms with E-state index in [-0.39, 0.29) is 0 Å². The fraction of sp³-hybridized carbons (Fsp3) is 0.0909. The molecule has 0 saturated heterocycles. The number of carbonyl (C=O) groups excluding carboxylic acids is 1. The minimum Gasteiger partial charge on any atom is -0.462 e. The van der Waals surface area contributed by atoms with Crippen molar-refractivity contribution in [2.24, 2.45) is 0 Å². The summed E-state index contributed by atoms with van der Waals surface area (Å²) >= 11 is 6.12. The second kappa shape index (κ2) is 7.25. The molecule has 4 nitrogen and oxygen atoms in total. The number of benzene rings is 3. The zero-order chi connectivity index (χ0) is 18.8. The highest BCUT2D eigenvalue weighted by atomic mass is 35.5. The van der Waals surface area contributed by atoms with E-state index >= 15 is 0 Å². The van der Waals surface area contributed by atoms with Crippen LogP contribution in [0.4, 0.5) is 11.4 Å². The summed E-state index contributed by atoms with van der Waals surface area (Å²) in [5, 5.41) is 6.91. The van der Waals surface area contributed by atoms with Crippen molar-refractivity contribution in [3.8, 4) is 0 Å². The van der Waals surface area contributed by atoms with Crippen LogP contribution in [0.25, 0.3) is 21.7 Å². The molecule has 0 amide bonds. The molecule has 0 aliphatic heterocycles. The molecule has 4 aromatic rings. The smallest absolute Gasteiger partial charge is 0.341 e. The standard InChI is InChI=1S/C22H17ClN2O2/c1-2-27-22(26)19-13-24-20-17-9-4-3-6-14(17)10-11-18(20)21(19)25-16-8-5-7-15(23)12-16/h3-13H,2H2,1H3,(H,24,25). The molecule has 0 aliphatic carbocycles. The zero-order valence-corrected chi connectivity index (χ0v) is 15.5. The lowest BCUT2D eigenvalue weighted by Crippen LogP contribution is -2.09. The molecule has 1 heterocycles. The number of nitrogens with one attached hydrogen (secondary N) is 1. The van der Waals surface area contributed by atoms with Crippen LogP contribution in [-0.2, 0) is 4.74 Å². The topological polar surface area (TPSA) is 51.2 Å². The number of ether oxygens (including phenoxy) is 1. The molecule has 0 spiro atoms. The van der Waals surface area contributed by atoms with Gasteiger partial charge in [-0.3, -0.25) is 4.98 Å². The third kappa shape index (κ3) is 3.32. The lowest BCUT2D eigenvalue weighted by atomic mass is 10.0. The number of carbonyl (C=O) groups is 1. The van der Waals surface area contributed by atoms with Crippen LogP contribution in [0.2, 0.25) is 5.02 Å². The summed E-state index contributed by atoms with van der Waals surface area (Å²) in [5.74, 6) is -0.412. The van der Waals surface area contributed by atoms with E-state index in [1.807, 2.05) is 54.6 Å². The van der Waals surface area contributed by atoms with E-state index in [4.69, 9.17) is 16.3 Å². The quantitative estimate of drug-likeness (QED) is 0.352. The molecule has 1 aromatic heterocycles. The molecule has 0 aliphatic rings. The fourth-order valence-corrected chi connectivity index (χ4v) is 3.33. The number of aromatic nitrogens is 1. The molecule has 0 saturated carbocycles. The minimum absolute atomic E-state index is 0.297. The molecule has 3 aromatic carbocycles. The van der Waals surface area contributed by atoms with Crippen molar-refractivity contribution >= 4 is 50.6 Å². The van der Waals surface area contributed by atoms with E-state index in [0.29, 0.717) is 22.9 Å². The third-order valence-electron chi connectivity index (χ3n) is 4.35. The van der Waals surface area contributed by atoms with Gasteiger partial charge in [-0.05, 0) is 30.5 Å². The van der Waals surface area contributed by atoms with Crippen molar-refractivity contribution in [1.29, 1.82) is 0 Å². The van der Waals surface area contributed by atoms with E-state index in [1.165, 1.54) is 0 Å². The number of rotatable bonds is 4.